The van der Waals surface area contributed by atoms with E-state index in [2.05, 4.69) is 0 Å². The molecule has 4 nitrogen and oxygen atoms in total. The molecule has 1 aliphatic carbocycles. The van der Waals surface area contributed by atoms with Gasteiger partial charge < -0.3 is 10.0 Å². The Morgan fingerprint density at radius 2 is 2.07 bits per heavy atom. The number of nitrogens with zero attached hydrogens (tertiary/aromatic N) is 1. The van der Waals surface area contributed by atoms with Crippen molar-refractivity contribution in [2.24, 2.45) is 11.8 Å². The summed E-state index contributed by atoms with van der Waals surface area (Å²) in [4.78, 5) is 24.0. The molecular formula is C10H13NO3. The second-order valence-corrected chi connectivity index (χ2v) is 3.83. The normalized spacial score (nSPS) is 30.1. The third-order valence-corrected chi connectivity index (χ3v) is 2.79. The Hall–Kier alpha value is -1.32. The van der Waals surface area contributed by atoms with Crippen molar-refractivity contribution >= 4 is 11.9 Å². The number of aliphatic carboxylic acids is 1. The fourth-order valence-corrected chi connectivity index (χ4v) is 1.82. The van der Waals surface area contributed by atoms with E-state index in [1.54, 1.807) is 4.90 Å². The molecule has 1 heterocycles. The van der Waals surface area contributed by atoms with Gasteiger partial charge in [0.2, 0.25) is 5.91 Å². The molecule has 14 heavy (non-hydrogen) atoms. The van der Waals surface area contributed by atoms with E-state index in [9.17, 15) is 9.59 Å². The van der Waals surface area contributed by atoms with E-state index >= 15 is 0 Å². The topological polar surface area (TPSA) is 57.6 Å². The van der Waals surface area contributed by atoms with Gasteiger partial charge in [0, 0.05) is 13.1 Å². The van der Waals surface area contributed by atoms with Crippen LogP contribution in [0.15, 0.2) is 12.2 Å². The second kappa shape index (κ2) is 3.44. The highest BCUT2D eigenvalue weighted by molar-refractivity contribution is 5.89. The van der Waals surface area contributed by atoms with Gasteiger partial charge >= 0.3 is 5.97 Å². The van der Waals surface area contributed by atoms with Gasteiger partial charge in [0.1, 0.15) is 0 Å². The van der Waals surface area contributed by atoms with Crippen LogP contribution in [0, 0.1) is 11.8 Å². The zero-order valence-corrected chi connectivity index (χ0v) is 7.85. The Kier molecular flexibility index (Phi) is 2.27. The lowest BCUT2D eigenvalue weighted by Gasteiger charge is -2.23. The Morgan fingerprint density at radius 1 is 1.29 bits per heavy atom. The van der Waals surface area contributed by atoms with E-state index in [4.69, 9.17) is 5.11 Å². The molecule has 0 aromatic rings. The van der Waals surface area contributed by atoms with Crippen LogP contribution in [-0.2, 0) is 9.59 Å². The van der Waals surface area contributed by atoms with Crippen molar-refractivity contribution in [3.63, 3.8) is 0 Å². The Balaban J connectivity index is 1.91. The van der Waals surface area contributed by atoms with E-state index in [1.807, 2.05) is 12.2 Å². The first-order valence-electron chi connectivity index (χ1n) is 4.86. The van der Waals surface area contributed by atoms with Gasteiger partial charge in [0.05, 0.1) is 11.8 Å². The molecule has 4 heteroatoms. The predicted octanol–water partition coefficient (Wildman–Crippen LogP) is 0.496. The van der Waals surface area contributed by atoms with Crippen molar-refractivity contribution in [3.05, 3.63) is 12.2 Å². The number of carboxylic acid groups (broad SMARTS) is 1. The van der Waals surface area contributed by atoms with Crippen molar-refractivity contribution < 1.29 is 14.7 Å². The molecule has 1 fully saturated rings. The van der Waals surface area contributed by atoms with E-state index in [0.717, 1.165) is 13.0 Å². The van der Waals surface area contributed by atoms with Crippen molar-refractivity contribution in [2.45, 2.75) is 12.8 Å². The van der Waals surface area contributed by atoms with Gasteiger partial charge in [0.15, 0.2) is 0 Å². The Labute approximate surface area is 82.2 Å². The molecule has 1 saturated carbocycles. The zero-order chi connectivity index (χ0) is 10.1. The number of carbonyl (C=O) groups excluding carboxylic acids is 1. The lowest BCUT2D eigenvalue weighted by molar-refractivity contribution is -0.141. The van der Waals surface area contributed by atoms with E-state index in [1.165, 1.54) is 0 Å². The smallest absolute Gasteiger partial charge is 0.307 e. The molecule has 2 unspecified atom stereocenters. The van der Waals surface area contributed by atoms with Crippen molar-refractivity contribution in [1.82, 2.24) is 4.90 Å². The highest BCUT2D eigenvalue weighted by atomic mass is 16.4. The minimum Gasteiger partial charge on any atom is -0.481 e. The van der Waals surface area contributed by atoms with Crippen LogP contribution in [0.3, 0.4) is 0 Å². The molecule has 1 amide bonds. The van der Waals surface area contributed by atoms with E-state index < -0.39 is 11.9 Å². The number of rotatable bonds is 2. The molecule has 0 radical (unpaired) electrons. The minimum absolute atomic E-state index is 0.0155. The highest BCUT2D eigenvalue weighted by Gasteiger charge is 2.49. The molecule has 1 aliphatic heterocycles. The fourth-order valence-electron chi connectivity index (χ4n) is 1.82. The molecule has 0 aromatic carbocycles. The van der Waals surface area contributed by atoms with E-state index in [-0.39, 0.29) is 11.8 Å². The summed E-state index contributed by atoms with van der Waals surface area (Å²) in [5.74, 6) is -1.50. The Morgan fingerprint density at radius 3 is 2.57 bits per heavy atom. The first-order chi connectivity index (χ1) is 6.70. The summed E-state index contributed by atoms with van der Waals surface area (Å²) in [6, 6.07) is 0. The monoisotopic (exact) mass is 195 g/mol. The van der Waals surface area contributed by atoms with Gasteiger partial charge in [-0.05, 0) is 12.8 Å². The van der Waals surface area contributed by atoms with Crippen LogP contribution < -0.4 is 0 Å². The first kappa shape index (κ1) is 9.24. The first-order valence-corrected chi connectivity index (χ1v) is 4.86. The zero-order valence-electron chi connectivity index (χ0n) is 7.85. The molecule has 2 rings (SSSR count). The number of amides is 1. The summed E-state index contributed by atoms with van der Waals surface area (Å²) in [5, 5.41) is 8.69. The molecule has 0 spiro atoms. The van der Waals surface area contributed by atoms with Gasteiger partial charge in [0.25, 0.3) is 0 Å². The summed E-state index contributed by atoms with van der Waals surface area (Å²) in [6.07, 6.45) is 5.41. The van der Waals surface area contributed by atoms with Gasteiger partial charge in [-0.3, -0.25) is 9.59 Å². The van der Waals surface area contributed by atoms with Gasteiger partial charge in [-0.25, -0.2) is 0 Å². The average Bonchev–Trinajstić information content (AvgIpc) is 2.97. The number of carboxylic acids is 1. The molecule has 2 atom stereocenters. The van der Waals surface area contributed by atoms with Crippen molar-refractivity contribution in [3.8, 4) is 0 Å². The molecular weight excluding hydrogens is 182 g/mol. The summed E-state index contributed by atoms with van der Waals surface area (Å²) in [6.45, 7) is 1.37. The molecule has 1 N–H and O–H groups in total. The van der Waals surface area contributed by atoms with Crippen molar-refractivity contribution in [1.29, 1.82) is 0 Å². The van der Waals surface area contributed by atoms with Crippen molar-refractivity contribution in [2.75, 3.05) is 13.1 Å². The predicted molar refractivity (Wildman–Crippen MR) is 49.6 cm³/mol. The molecule has 0 saturated heterocycles. The fraction of sp³-hybridized carbons (Fsp3) is 0.600. The second-order valence-electron chi connectivity index (χ2n) is 3.83. The maximum absolute atomic E-state index is 11.7. The molecule has 2 aliphatic rings. The molecule has 0 bridgehead atoms. The molecule has 0 aromatic heterocycles. The summed E-state index contributed by atoms with van der Waals surface area (Å²) in [5.41, 5.74) is 0. The minimum atomic E-state index is -0.837. The molecule has 76 valence electrons. The van der Waals surface area contributed by atoms with Crippen LogP contribution in [0.2, 0.25) is 0 Å². The largest absolute Gasteiger partial charge is 0.481 e. The van der Waals surface area contributed by atoms with Gasteiger partial charge in [-0.2, -0.15) is 0 Å². The SMILES string of the molecule is O=C(O)C1CC1C(=O)N1CC=CCC1. The van der Waals surface area contributed by atoms with Crippen LogP contribution in [0.1, 0.15) is 12.8 Å². The third kappa shape index (κ3) is 1.64. The lowest BCUT2D eigenvalue weighted by atomic mass is 10.2. The van der Waals surface area contributed by atoms with Crippen LogP contribution in [-0.4, -0.2) is 35.0 Å². The quantitative estimate of drug-likeness (QED) is 0.652. The third-order valence-electron chi connectivity index (χ3n) is 2.79. The number of hydrogen-bond acceptors (Lipinski definition) is 2. The summed E-state index contributed by atoms with van der Waals surface area (Å²) in [7, 11) is 0. The number of carbonyl (C=O) groups is 2. The Bertz CT molecular complexity index is 298. The van der Waals surface area contributed by atoms with Crippen LogP contribution in [0.4, 0.5) is 0 Å². The highest BCUT2D eigenvalue weighted by Crippen LogP contribution is 2.40. The van der Waals surface area contributed by atoms with E-state index in [0.29, 0.717) is 13.0 Å². The van der Waals surface area contributed by atoms with Crippen LogP contribution in [0.25, 0.3) is 0 Å². The maximum atomic E-state index is 11.7. The standard InChI is InChI=1S/C10H13NO3/c12-9(7-6-8(7)10(13)14)11-4-2-1-3-5-11/h1-2,7-8H,3-6H2,(H,13,14). The summed E-state index contributed by atoms with van der Waals surface area (Å²) < 4.78 is 0. The summed E-state index contributed by atoms with van der Waals surface area (Å²) >= 11 is 0. The average molecular weight is 195 g/mol. The number of hydrogen-bond donors (Lipinski definition) is 1. The maximum Gasteiger partial charge on any atom is 0.307 e. The van der Waals surface area contributed by atoms with Crippen LogP contribution >= 0.6 is 0 Å². The lowest BCUT2D eigenvalue weighted by Crippen LogP contribution is -2.35. The van der Waals surface area contributed by atoms with Crippen LogP contribution in [0.5, 0.6) is 0 Å². The van der Waals surface area contributed by atoms with Gasteiger partial charge in [-0.1, -0.05) is 12.2 Å². The van der Waals surface area contributed by atoms with Gasteiger partial charge in [-0.15, -0.1) is 0 Å².